The molecule has 0 aliphatic rings. The number of anilines is 1. The van der Waals surface area contributed by atoms with Crippen LogP contribution in [0.15, 0.2) is 24.3 Å². The lowest BCUT2D eigenvalue weighted by Gasteiger charge is -2.29. The number of hydrogen-bond donors (Lipinski definition) is 3. The molecule has 0 aliphatic heterocycles. The molecule has 106 valence electrons. The molecule has 5 heteroatoms. The predicted octanol–water partition coefficient (Wildman–Crippen LogP) is 0.616. The molecule has 1 aromatic rings. The van der Waals surface area contributed by atoms with Crippen molar-refractivity contribution < 1.29 is 15.0 Å². The van der Waals surface area contributed by atoms with Gasteiger partial charge in [0, 0.05) is 25.3 Å². The SMILES string of the molecule is CCC(CO)(CO)NC(=O)c1cccc(N(C)C)c1. The highest BCUT2D eigenvalue weighted by atomic mass is 16.3. The Morgan fingerprint density at radius 1 is 1.32 bits per heavy atom. The third-order valence-corrected chi connectivity index (χ3v) is 3.29. The van der Waals surface area contributed by atoms with Gasteiger partial charge < -0.3 is 20.4 Å². The lowest BCUT2D eigenvalue weighted by Crippen LogP contribution is -2.53. The average Bonchev–Trinajstić information content (AvgIpc) is 2.45. The van der Waals surface area contributed by atoms with Gasteiger partial charge >= 0.3 is 0 Å². The van der Waals surface area contributed by atoms with Crippen molar-refractivity contribution >= 4 is 11.6 Å². The first-order valence-corrected chi connectivity index (χ1v) is 6.29. The Kier molecular flexibility index (Phi) is 5.32. The fourth-order valence-corrected chi connectivity index (χ4v) is 1.68. The van der Waals surface area contributed by atoms with Gasteiger partial charge in [0.15, 0.2) is 0 Å². The van der Waals surface area contributed by atoms with Crippen molar-refractivity contribution in [3.05, 3.63) is 29.8 Å². The fraction of sp³-hybridized carbons (Fsp3) is 0.500. The van der Waals surface area contributed by atoms with Gasteiger partial charge in [-0.3, -0.25) is 4.79 Å². The van der Waals surface area contributed by atoms with E-state index in [1.54, 1.807) is 18.2 Å². The Morgan fingerprint density at radius 3 is 2.42 bits per heavy atom. The topological polar surface area (TPSA) is 72.8 Å². The van der Waals surface area contributed by atoms with Crippen LogP contribution in [0.25, 0.3) is 0 Å². The molecule has 0 atom stereocenters. The number of nitrogens with zero attached hydrogens (tertiary/aromatic N) is 1. The van der Waals surface area contributed by atoms with Gasteiger partial charge in [-0.1, -0.05) is 13.0 Å². The number of rotatable bonds is 6. The largest absolute Gasteiger partial charge is 0.394 e. The molecular weight excluding hydrogens is 244 g/mol. The number of carbonyl (C=O) groups excluding carboxylic acids is 1. The summed E-state index contributed by atoms with van der Waals surface area (Å²) in [5, 5.41) is 21.4. The van der Waals surface area contributed by atoms with E-state index >= 15 is 0 Å². The number of aliphatic hydroxyl groups is 2. The van der Waals surface area contributed by atoms with E-state index in [9.17, 15) is 15.0 Å². The van der Waals surface area contributed by atoms with E-state index in [1.165, 1.54) is 0 Å². The second kappa shape index (κ2) is 6.54. The molecule has 19 heavy (non-hydrogen) atoms. The maximum absolute atomic E-state index is 12.2. The second-order valence-corrected chi connectivity index (χ2v) is 4.85. The fourth-order valence-electron chi connectivity index (χ4n) is 1.68. The van der Waals surface area contributed by atoms with Crippen LogP contribution >= 0.6 is 0 Å². The number of aliphatic hydroxyl groups excluding tert-OH is 2. The van der Waals surface area contributed by atoms with E-state index in [4.69, 9.17) is 0 Å². The van der Waals surface area contributed by atoms with Crippen LogP contribution in [0, 0.1) is 0 Å². The minimum atomic E-state index is -0.967. The molecule has 0 aliphatic carbocycles. The van der Waals surface area contributed by atoms with Crippen LogP contribution in [0.3, 0.4) is 0 Å². The van der Waals surface area contributed by atoms with Crippen LogP contribution in [0.1, 0.15) is 23.7 Å². The molecule has 1 aromatic carbocycles. The molecule has 0 bridgehead atoms. The normalized spacial score (nSPS) is 11.2. The average molecular weight is 266 g/mol. The zero-order valence-corrected chi connectivity index (χ0v) is 11.7. The molecule has 1 amide bonds. The Hall–Kier alpha value is -1.59. The Labute approximate surface area is 113 Å². The predicted molar refractivity (Wildman–Crippen MR) is 75.4 cm³/mol. The highest BCUT2D eigenvalue weighted by Gasteiger charge is 2.28. The summed E-state index contributed by atoms with van der Waals surface area (Å²) in [6.45, 7) is 1.22. The van der Waals surface area contributed by atoms with Crippen molar-refractivity contribution in [1.82, 2.24) is 5.32 Å². The van der Waals surface area contributed by atoms with Gasteiger partial charge in [0.1, 0.15) is 0 Å². The van der Waals surface area contributed by atoms with Crippen LogP contribution in [0.5, 0.6) is 0 Å². The van der Waals surface area contributed by atoms with E-state index in [0.717, 1.165) is 5.69 Å². The van der Waals surface area contributed by atoms with Gasteiger partial charge in [0.25, 0.3) is 5.91 Å². The number of amides is 1. The van der Waals surface area contributed by atoms with Gasteiger partial charge in [0.2, 0.25) is 0 Å². The van der Waals surface area contributed by atoms with E-state index < -0.39 is 5.54 Å². The van der Waals surface area contributed by atoms with Crippen LogP contribution in [-0.2, 0) is 0 Å². The molecule has 5 nitrogen and oxygen atoms in total. The molecule has 0 heterocycles. The lowest BCUT2D eigenvalue weighted by atomic mass is 9.97. The number of hydrogen-bond acceptors (Lipinski definition) is 4. The van der Waals surface area contributed by atoms with Crippen molar-refractivity contribution in [3.63, 3.8) is 0 Å². The van der Waals surface area contributed by atoms with Crippen molar-refractivity contribution in [2.45, 2.75) is 18.9 Å². The third kappa shape index (κ3) is 3.68. The smallest absolute Gasteiger partial charge is 0.251 e. The first-order chi connectivity index (χ1) is 8.98. The zero-order valence-electron chi connectivity index (χ0n) is 11.7. The summed E-state index contributed by atoms with van der Waals surface area (Å²) in [5.41, 5.74) is 0.458. The maximum Gasteiger partial charge on any atom is 0.251 e. The summed E-state index contributed by atoms with van der Waals surface area (Å²) < 4.78 is 0. The summed E-state index contributed by atoms with van der Waals surface area (Å²) in [6.07, 6.45) is 0.457. The Morgan fingerprint density at radius 2 is 1.95 bits per heavy atom. The first-order valence-electron chi connectivity index (χ1n) is 6.29. The molecule has 0 saturated heterocycles. The highest BCUT2D eigenvalue weighted by molar-refractivity contribution is 5.95. The molecule has 0 radical (unpaired) electrons. The van der Waals surface area contributed by atoms with E-state index in [-0.39, 0.29) is 19.1 Å². The summed E-state index contributed by atoms with van der Waals surface area (Å²) in [5.74, 6) is -0.298. The van der Waals surface area contributed by atoms with Crippen molar-refractivity contribution in [3.8, 4) is 0 Å². The summed E-state index contributed by atoms with van der Waals surface area (Å²) in [6, 6.07) is 7.18. The summed E-state index contributed by atoms with van der Waals surface area (Å²) >= 11 is 0. The van der Waals surface area contributed by atoms with Gasteiger partial charge in [-0.2, -0.15) is 0 Å². The second-order valence-electron chi connectivity index (χ2n) is 4.85. The number of nitrogens with one attached hydrogen (secondary N) is 1. The molecule has 0 spiro atoms. The van der Waals surface area contributed by atoms with Crippen LogP contribution in [0.4, 0.5) is 5.69 Å². The quantitative estimate of drug-likeness (QED) is 0.705. The molecule has 0 aromatic heterocycles. The Balaban J connectivity index is 2.91. The molecule has 0 fully saturated rings. The van der Waals surface area contributed by atoms with Gasteiger partial charge in [-0.25, -0.2) is 0 Å². The molecule has 0 saturated carbocycles. The van der Waals surface area contributed by atoms with Crippen LogP contribution in [-0.4, -0.2) is 49.0 Å². The maximum atomic E-state index is 12.2. The van der Waals surface area contributed by atoms with Gasteiger partial charge in [-0.15, -0.1) is 0 Å². The van der Waals surface area contributed by atoms with Crippen LogP contribution < -0.4 is 10.2 Å². The molecule has 0 unspecified atom stereocenters. The number of carbonyl (C=O) groups is 1. The lowest BCUT2D eigenvalue weighted by molar-refractivity contribution is 0.0653. The van der Waals surface area contributed by atoms with Crippen molar-refractivity contribution in [1.29, 1.82) is 0 Å². The Bertz CT molecular complexity index is 420. The van der Waals surface area contributed by atoms with Crippen molar-refractivity contribution in [2.24, 2.45) is 0 Å². The van der Waals surface area contributed by atoms with Crippen molar-refractivity contribution in [2.75, 3.05) is 32.2 Å². The van der Waals surface area contributed by atoms with Gasteiger partial charge in [-0.05, 0) is 24.6 Å². The minimum Gasteiger partial charge on any atom is -0.394 e. The summed E-state index contributed by atoms with van der Waals surface area (Å²) in [4.78, 5) is 14.1. The summed E-state index contributed by atoms with van der Waals surface area (Å²) in [7, 11) is 3.80. The number of benzene rings is 1. The van der Waals surface area contributed by atoms with E-state index in [2.05, 4.69) is 5.32 Å². The monoisotopic (exact) mass is 266 g/mol. The standard InChI is InChI=1S/C14H22N2O3/c1-4-14(9-17,10-18)15-13(19)11-6-5-7-12(8-11)16(2)3/h5-8,17-18H,4,9-10H2,1-3H3,(H,15,19). The van der Waals surface area contributed by atoms with E-state index in [0.29, 0.717) is 12.0 Å². The molecular formula is C14H22N2O3. The van der Waals surface area contributed by atoms with Crippen LogP contribution in [0.2, 0.25) is 0 Å². The molecule has 1 rings (SSSR count). The zero-order chi connectivity index (χ0) is 14.5. The highest BCUT2D eigenvalue weighted by Crippen LogP contribution is 2.15. The van der Waals surface area contributed by atoms with E-state index in [1.807, 2.05) is 32.0 Å². The first kappa shape index (κ1) is 15.5. The minimum absolute atomic E-state index is 0.293. The van der Waals surface area contributed by atoms with Gasteiger partial charge in [0.05, 0.1) is 18.8 Å². The molecule has 3 N–H and O–H groups in total. The third-order valence-electron chi connectivity index (χ3n) is 3.29.